The van der Waals surface area contributed by atoms with Crippen LogP contribution in [0.2, 0.25) is 0 Å². The van der Waals surface area contributed by atoms with Crippen LogP contribution in [0.1, 0.15) is 174 Å². The van der Waals surface area contributed by atoms with E-state index in [-0.39, 0.29) is 13.7 Å². The maximum Gasteiger partial charge on any atom is 0.323 e. The van der Waals surface area contributed by atoms with Crippen LogP contribution in [0.5, 0.6) is 0 Å². The molecule has 8 aromatic rings. The summed E-state index contributed by atoms with van der Waals surface area (Å²) in [5, 5.41) is 7.99. The van der Waals surface area contributed by atoms with E-state index in [9.17, 15) is 0 Å². The smallest absolute Gasteiger partial charge is 0.323 e. The first-order valence-electron chi connectivity index (χ1n) is 28.0. The quantitative estimate of drug-likeness (QED) is 0.0821. The molecule has 4 nitrogen and oxygen atoms in total. The van der Waals surface area contributed by atoms with E-state index in [4.69, 9.17) is 0 Å². The first kappa shape index (κ1) is 53.4. The zero-order valence-electron chi connectivity index (χ0n) is 47.1. The lowest BCUT2D eigenvalue weighted by molar-refractivity contribution is 0.812. The van der Waals surface area contributed by atoms with Crippen molar-refractivity contribution in [3.05, 3.63) is 250 Å². The molecule has 0 amide bonds. The Morgan fingerprint density at radius 3 is 0.842 bits per heavy atom. The van der Waals surface area contributed by atoms with Gasteiger partial charge in [0.15, 0.2) is 0 Å². The summed E-state index contributed by atoms with van der Waals surface area (Å²) in [4.78, 5) is 7.49. The molecule has 384 valence electrons. The van der Waals surface area contributed by atoms with Gasteiger partial charge in [0.05, 0.1) is 0 Å². The van der Waals surface area contributed by atoms with Crippen LogP contribution in [-0.2, 0) is 0 Å². The molecule has 76 heavy (non-hydrogen) atoms. The highest BCUT2D eigenvalue weighted by Crippen LogP contribution is 2.35. The Morgan fingerprint density at radius 1 is 0.289 bits per heavy atom. The van der Waals surface area contributed by atoms with Crippen LogP contribution >= 0.6 is 0 Å². The molecule has 4 heterocycles. The number of hydrogen-bond donors (Lipinski definition) is 4. The summed E-state index contributed by atoms with van der Waals surface area (Å²) in [5.41, 5.74) is 25.7. The maximum atomic E-state index is 4.00. The van der Waals surface area contributed by atoms with Gasteiger partial charge < -0.3 is 20.4 Å². The fourth-order valence-electron chi connectivity index (χ4n) is 11.0. The molecular formula is C70H78B2N4. The summed E-state index contributed by atoms with van der Waals surface area (Å²) in [6, 6.07) is 61.2. The van der Waals surface area contributed by atoms with Crippen LogP contribution in [0.25, 0.3) is 44.9 Å². The van der Waals surface area contributed by atoms with Gasteiger partial charge in [-0.1, -0.05) is 241 Å². The fourth-order valence-corrected chi connectivity index (χ4v) is 11.0. The van der Waals surface area contributed by atoms with Gasteiger partial charge in [-0.05, 0) is 149 Å². The summed E-state index contributed by atoms with van der Waals surface area (Å²) in [7, 11) is 0. The number of allylic oxidation sites excluding steroid dienone is 4. The van der Waals surface area contributed by atoms with E-state index in [1.165, 1.54) is 77.5 Å². The second-order valence-electron chi connectivity index (χ2n) is 22.7. The first-order chi connectivity index (χ1) is 36.7. The topological polar surface area (TPSA) is 55.6 Å². The van der Waals surface area contributed by atoms with Crippen LogP contribution in [0.4, 0.5) is 0 Å². The van der Waals surface area contributed by atoms with Crippen LogP contribution in [-0.4, -0.2) is 23.7 Å². The summed E-state index contributed by atoms with van der Waals surface area (Å²) in [5.74, 6) is 2.64. The molecule has 0 atom stereocenters. The number of aromatic nitrogens is 2. The molecule has 2 aliphatic rings. The molecule has 0 aliphatic carbocycles. The van der Waals surface area contributed by atoms with Crippen molar-refractivity contribution in [2.45, 2.75) is 119 Å². The van der Waals surface area contributed by atoms with Gasteiger partial charge in [-0.2, -0.15) is 0 Å². The molecule has 0 saturated heterocycles. The normalized spacial score (nSPS) is 13.7. The number of H-pyrrole nitrogens is 2. The summed E-state index contributed by atoms with van der Waals surface area (Å²) < 4.78 is 0. The molecule has 6 heteroatoms. The lowest BCUT2D eigenvalue weighted by atomic mass is 9.45. The molecule has 0 fully saturated rings. The Morgan fingerprint density at radius 2 is 0.566 bits per heavy atom. The van der Waals surface area contributed by atoms with Crippen LogP contribution < -0.4 is 21.4 Å². The van der Waals surface area contributed by atoms with E-state index in [0.717, 1.165) is 34.2 Å². The van der Waals surface area contributed by atoms with Gasteiger partial charge in [0.1, 0.15) is 0 Å². The van der Waals surface area contributed by atoms with Gasteiger partial charge in [-0.3, -0.25) is 0 Å². The summed E-state index contributed by atoms with van der Waals surface area (Å²) in [6.45, 7) is 27.9. The third kappa shape index (κ3) is 11.7. The van der Waals surface area contributed by atoms with Crippen molar-refractivity contribution in [1.29, 1.82) is 0 Å². The highest BCUT2D eigenvalue weighted by Gasteiger charge is 2.36. The van der Waals surface area contributed by atoms with Crippen LogP contribution in [0.15, 0.2) is 194 Å². The van der Waals surface area contributed by atoms with Gasteiger partial charge in [-0.25, -0.2) is 0 Å². The molecule has 0 saturated carbocycles. The highest BCUT2D eigenvalue weighted by atomic mass is 14.8. The summed E-state index contributed by atoms with van der Waals surface area (Å²) >= 11 is 0. The van der Waals surface area contributed by atoms with Crippen molar-refractivity contribution in [3.8, 4) is 22.5 Å². The standard InChI is InChI=1S/2C35H39BN2/c2*1-23(2)28-21-29(24(3)4)35(30(22-28)25(5)6)36-31(17-18-33(38-36)27-15-11-8-12-16-27)34-20-19-32(37-34)26-13-9-7-10-14-26/h2*7-25,37-38H,1-6H3. The average Bonchev–Trinajstić information content (AvgIpc) is 4.15. The highest BCUT2D eigenvalue weighted by molar-refractivity contribution is 6.90. The monoisotopic (exact) mass is 997 g/mol. The molecule has 10 rings (SSSR count). The Balaban J connectivity index is 0.000000186. The Bertz CT molecular complexity index is 3080. The second-order valence-corrected chi connectivity index (χ2v) is 22.7. The Labute approximate surface area is 456 Å². The molecule has 0 unspecified atom stereocenters. The van der Waals surface area contributed by atoms with Crippen molar-refractivity contribution < 1.29 is 0 Å². The fraction of sp³-hybridized carbons (Fsp3) is 0.257. The van der Waals surface area contributed by atoms with Crippen molar-refractivity contribution in [3.63, 3.8) is 0 Å². The lowest BCUT2D eigenvalue weighted by Crippen LogP contribution is -2.50. The number of nitrogens with one attached hydrogen (secondary N) is 4. The van der Waals surface area contributed by atoms with Gasteiger partial charge >= 0.3 is 13.7 Å². The van der Waals surface area contributed by atoms with E-state index < -0.39 is 0 Å². The molecule has 0 radical (unpaired) electrons. The Kier molecular flexibility index (Phi) is 16.6. The van der Waals surface area contributed by atoms with Gasteiger partial charge in [0, 0.05) is 34.2 Å². The zero-order valence-corrected chi connectivity index (χ0v) is 47.1. The largest absolute Gasteiger partial charge is 0.420 e. The van der Waals surface area contributed by atoms with Crippen molar-refractivity contribution in [2.24, 2.45) is 0 Å². The minimum Gasteiger partial charge on any atom is -0.420 e. The molecular weight excluding hydrogens is 918 g/mol. The van der Waals surface area contributed by atoms with Crippen molar-refractivity contribution >= 4 is 47.0 Å². The number of aromatic amines is 2. The van der Waals surface area contributed by atoms with Gasteiger partial charge in [-0.15, -0.1) is 0 Å². The second kappa shape index (κ2) is 23.6. The SMILES string of the molecule is CC(C)c1cc(C(C)C)c(B2NC(c3ccccc3)=CC=C2c2ccc(-c3ccccc3)[nH]2)c(C(C)C)c1.CC(C)c1cc(C(C)C)c(B2NC(c3ccccc3)=CC=C2c2ccc(-c3ccccc3)[nH]2)c(C(C)C)c1. The molecule has 2 aromatic heterocycles. The van der Waals surface area contributed by atoms with Gasteiger partial charge in [0.25, 0.3) is 0 Å². The molecule has 0 spiro atoms. The minimum absolute atomic E-state index is 0.0356. The summed E-state index contributed by atoms with van der Waals surface area (Å²) in [6.07, 6.45) is 9.09. The zero-order chi connectivity index (χ0) is 53.6. The van der Waals surface area contributed by atoms with Crippen molar-refractivity contribution in [1.82, 2.24) is 20.4 Å². The molecule has 4 N–H and O–H groups in total. The van der Waals surface area contributed by atoms with Crippen LogP contribution in [0, 0.1) is 0 Å². The third-order valence-electron chi connectivity index (χ3n) is 15.3. The van der Waals surface area contributed by atoms with Gasteiger partial charge in [0.2, 0.25) is 0 Å². The minimum atomic E-state index is 0.0356. The first-order valence-corrected chi connectivity index (χ1v) is 28.0. The van der Waals surface area contributed by atoms with Crippen LogP contribution in [0.3, 0.4) is 0 Å². The van der Waals surface area contributed by atoms with E-state index in [2.05, 4.69) is 298 Å². The molecule has 0 bridgehead atoms. The third-order valence-corrected chi connectivity index (χ3v) is 15.3. The van der Waals surface area contributed by atoms with E-state index >= 15 is 0 Å². The maximum absolute atomic E-state index is 4.00. The van der Waals surface area contributed by atoms with E-state index in [1.807, 2.05) is 0 Å². The predicted octanol–water partition coefficient (Wildman–Crippen LogP) is 17.0. The lowest BCUT2D eigenvalue weighted by Gasteiger charge is -2.31. The molecule has 6 aromatic carbocycles. The Hall–Kier alpha value is -7.43. The number of rotatable bonds is 14. The number of benzene rings is 6. The van der Waals surface area contributed by atoms with E-state index in [1.54, 1.807) is 0 Å². The van der Waals surface area contributed by atoms with E-state index in [0.29, 0.717) is 35.5 Å². The average molecular weight is 997 g/mol. The predicted molar refractivity (Wildman–Crippen MR) is 332 cm³/mol. The number of hydrogen-bond acceptors (Lipinski definition) is 2. The molecule has 2 aliphatic heterocycles. The van der Waals surface area contributed by atoms with Crippen molar-refractivity contribution in [2.75, 3.05) is 0 Å².